The minimum atomic E-state index is 0.730. The highest BCUT2D eigenvalue weighted by atomic mass is 15.2. The highest BCUT2D eigenvalue weighted by Gasteiger charge is 2.17. The number of rotatable bonds is 3. The van der Waals surface area contributed by atoms with E-state index in [1.54, 1.807) is 0 Å². The second-order valence-corrected chi connectivity index (χ2v) is 5.46. The summed E-state index contributed by atoms with van der Waals surface area (Å²) in [6.45, 7) is 8.04. The van der Waals surface area contributed by atoms with Crippen molar-refractivity contribution in [1.82, 2.24) is 15.5 Å². The maximum Gasteiger partial charge on any atom is 0.0234 e. The number of hydrogen-bond acceptors (Lipinski definition) is 3. The van der Waals surface area contributed by atoms with Crippen molar-refractivity contribution in [3.8, 4) is 0 Å². The van der Waals surface area contributed by atoms with Gasteiger partial charge in [-0.25, -0.2) is 0 Å². The number of nitrogens with one attached hydrogen (secondary N) is 2. The average Bonchev–Trinajstić information content (AvgIpc) is 2.94. The molecule has 2 fully saturated rings. The minimum Gasteiger partial charge on any atom is -0.316 e. The molecule has 2 heterocycles. The Bertz CT molecular complexity index is 379. The zero-order chi connectivity index (χ0) is 12.2. The molecular formula is C15H23N3. The van der Waals surface area contributed by atoms with E-state index < -0.39 is 0 Å². The highest BCUT2D eigenvalue weighted by Crippen LogP contribution is 2.23. The zero-order valence-electron chi connectivity index (χ0n) is 11.0. The quantitative estimate of drug-likeness (QED) is 0.837. The Kier molecular flexibility index (Phi) is 3.93. The molecule has 2 aliphatic rings. The van der Waals surface area contributed by atoms with Crippen molar-refractivity contribution in [1.29, 1.82) is 0 Å². The van der Waals surface area contributed by atoms with E-state index in [4.69, 9.17) is 0 Å². The Morgan fingerprint density at radius 1 is 1.11 bits per heavy atom. The van der Waals surface area contributed by atoms with E-state index in [2.05, 4.69) is 39.8 Å². The molecular weight excluding hydrogens is 222 g/mol. The standard InChI is InChI=1S/C15H23N3/c1-2-13(12-18-8-6-16-7-9-18)10-14(3-1)15-4-5-17-11-15/h1-3,10,15-17H,4-9,11-12H2. The first-order valence-corrected chi connectivity index (χ1v) is 7.14. The van der Waals surface area contributed by atoms with Gasteiger partial charge in [-0.1, -0.05) is 24.3 Å². The number of piperazine rings is 1. The predicted molar refractivity (Wildman–Crippen MR) is 74.8 cm³/mol. The van der Waals surface area contributed by atoms with Gasteiger partial charge in [0.15, 0.2) is 0 Å². The minimum absolute atomic E-state index is 0.730. The lowest BCUT2D eigenvalue weighted by atomic mass is 9.96. The van der Waals surface area contributed by atoms with E-state index >= 15 is 0 Å². The molecule has 18 heavy (non-hydrogen) atoms. The van der Waals surface area contributed by atoms with Crippen molar-refractivity contribution in [2.45, 2.75) is 18.9 Å². The van der Waals surface area contributed by atoms with Gasteiger partial charge in [-0.3, -0.25) is 4.90 Å². The van der Waals surface area contributed by atoms with Crippen LogP contribution < -0.4 is 10.6 Å². The first kappa shape index (κ1) is 12.2. The van der Waals surface area contributed by atoms with Gasteiger partial charge >= 0.3 is 0 Å². The van der Waals surface area contributed by atoms with Crippen LogP contribution in [0.3, 0.4) is 0 Å². The molecule has 0 saturated carbocycles. The summed E-state index contributed by atoms with van der Waals surface area (Å²) in [5, 5.41) is 6.86. The molecule has 0 aliphatic carbocycles. The van der Waals surface area contributed by atoms with Crippen LogP contribution in [-0.2, 0) is 6.54 Å². The molecule has 0 radical (unpaired) electrons. The van der Waals surface area contributed by atoms with Gasteiger partial charge in [0.25, 0.3) is 0 Å². The number of nitrogens with zero attached hydrogens (tertiary/aromatic N) is 1. The first-order valence-electron chi connectivity index (χ1n) is 7.14. The molecule has 1 unspecified atom stereocenters. The van der Waals surface area contributed by atoms with Crippen molar-refractivity contribution >= 4 is 0 Å². The Morgan fingerprint density at radius 2 is 2.00 bits per heavy atom. The van der Waals surface area contributed by atoms with Crippen LogP contribution in [0.2, 0.25) is 0 Å². The third-order valence-corrected chi connectivity index (χ3v) is 4.10. The van der Waals surface area contributed by atoms with E-state index in [9.17, 15) is 0 Å². The van der Waals surface area contributed by atoms with Crippen LogP contribution in [0.1, 0.15) is 23.5 Å². The molecule has 1 aromatic rings. The lowest BCUT2D eigenvalue weighted by Gasteiger charge is -2.27. The molecule has 3 nitrogen and oxygen atoms in total. The monoisotopic (exact) mass is 245 g/mol. The molecule has 1 atom stereocenters. The summed E-state index contributed by atoms with van der Waals surface area (Å²) in [7, 11) is 0. The lowest BCUT2D eigenvalue weighted by Crippen LogP contribution is -2.42. The topological polar surface area (TPSA) is 27.3 Å². The molecule has 0 amide bonds. The van der Waals surface area contributed by atoms with Crippen LogP contribution >= 0.6 is 0 Å². The van der Waals surface area contributed by atoms with Crippen molar-refractivity contribution < 1.29 is 0 Å². The van der Waals surface area contributed by atoms with Gasteiger partial charge in [0.1, 0.15) is 0 Å². The van der Waals surface area contributed by atoms with Crippen LogP contribution in [0.15, 0.2) is 24.3 Å². The largest absolute Gasteiger partial charge is 0.316 e. The van der Waals surface area contributed by atoms with E-state index in [0.29, 0.717) is 0 Å². The molecule has 2 saturated heterocycles. The Morgan fingerprint density at radius 3 is 2.78 bits per heavy atom. The number of benzene rings is 1. The summed E-state index contributed by atoms with van der Waals surface area (Å²) < 4.78 is 0. The fourth-order valence-corrected chi connectivity index (χ4v) is 3.01. The third-order valence-electron chi connectivity index (χ3n) is 4.10. The van der Waals surface area contributed by atoms with Gasteiger partial charge in [-0.05, 0) is 30.0 Å². The molecule has 3 heteroatoms. The van der Waals surface area contributed by atoms with E-state index in [1.165, 1.54) is 37.2 Å². The van der Waals surface area contributed by atoms with Gasteiger partial charge in [-0.15, -0.1) is 0 Å². The number of hydrogen-bond donors (Lipinski definition) is 2. The zero-order valence-corrected chi connectivity index (χ0v) is 11.0. The summed E-state index contributed by atoms with van der Waals surface area (Å²) >= 11 is 0. The molecule has 2 aliphatic heterocycles. The van der Waals surface area contributed by atoms with E-state index in [-0.39, 0.29) is 0 Å². The Balaban J connectivity index is 1.66. The Hall–Kier alpha value is -0.900. The van der Waals surface area contributed by atoms with Crippen molar-refractivity contribution in [3.05, 3.63) is 35.4 Å². The second kappa shape index (κ2) is 5.83. The van der Waals surface area contributed by atoms with Gasteiger partial charge in [0, 0.05) is 39.3 Å². The summed E-state index contributed by atoms with van der Waals surface area (Å²) in [4.78, 5) is 2.54. The average molecular weight is 245 g/mol. The van der Waals surface area contributed by atoms with E-state index in [0.717, 1.165) is 32.1 Å². The molecule has 0 aromatic heterocycles. The van der Waals surface area contributed by atoms with Crippen molar-refractivity contribution in [3.63, 3.8) is 0 Å². The molecule has 0 spiro atoms. The maximum absolute atomic E-state index is 3.45. The first-order chi connectivity index (χ1) is 8.92. The molecule has 3 rings (SSSR count). The van der Waals surface area contributed by atoms with Crippen LogP contribution in [0.5, 0.6) is 0 Å². The molecule has 0 bridgehead atoms. The summed E-state index contributed by atoms with van der Waals surface area (Å²) in [6, 6.07) is 9.21. The fourth-order valence-electron chi connectivity index (χ4n) is 3.01. The van der Waals surface area contributed by atoms with Crippen molar-refractivity contribution in [2.24, 2.45) is 0 Å². The van der Waals surface area contributed by atoms with Crippen molar-refractivity contribution in [2.75, 3.05) is 39.3 Å². The maximum atomic E-state index is 3.45. The summed E-state index contributed by atoms with van der Waals surface area (Å²) in [5.74, 6) is 0.730. The summed E-state index contributed by atoms with van der Waals surface area (Å²) in [5.41, 5.74) is 2.99. The highest BCUT2D eigenvalue weighted by molar-refractivity contribution is 5.27. The van der Waals surface area contributed by atoms with Crippen LogP contribution in [0, 0.1) is 0 Å². The second-order valence-electron chi connectivity index (χ2n) is 5.46. The third kappa shape index (κ3) is 2.91. The van der Waals surface area contributed by atoms with Crippen LogP contribution in [-0.4, -0.2) is 44.2 Å². The Labute approximate surface area is 110 Å². The SMILES string of the molecule is c1cc(CN2CCNCC2)cc(C2CCNC2)c1. The molecule has 1 aromatic carbocycles. The lowest BCUT2D eigenvalue weighted by molar-refractivity contribution is 0.233. The van der Waals surface area contributed by atoms with Crippen LogP contribution in [0.4, 0.5) is 0 Å². The smallest absolute Gasteiger partial charge is 0.0234 e. The van der Waals surface area contributed by atoms with Gasteiger partial charge in [0.05, 0.1) is 0 Å². The molecule has 98 valence electrons. The summed E-state index contributed by atoms with van der Waals surface area (Å²) in [6.07, 6.45) is 1.29. The predicted octanol–water partition coefficient (Wildman–Crippen LogP) is 1.17. The van der Waals surface area contributed by atoms with Gasteiger partial charge in [-0.2, -0.15) is 0 Å². The van der Waals surface area contributed by atoms with Gasteiger partial charge in [0.2, 0.25) is 0 Å². The fraction of sp³-hybridized carbons (Fsp3) is 0.600. The van der Waals surface area contributed by atoms with E-state index in [1.807, 2.05) is 0 Å². The van der Waals surface area contributed by atoms with Gasteiger partial charge < -0.3 is 10.6 Å². The normalized spacial score (nSPS) is 25.4. The van der Waals surface area contributed by atoms with Crippen LogP contribution in [0.25, 0.3) is 0 Å². The molecule has 2 N–H and O–H groups in total.